The lowest BCUT2D eigenvalue weighted by atomic mass is 10.1. The van der Waals surface area contributed by atoms with Crippen molar-refractivity contribution in [1.29, 1.82) is 0 Å². The SMILES string of the molecule is COc1cc(Cl)cc(C(=O)Nc2ccc(Cl)cn2)c1NC(=O)c1scc(Cn2ccnc2NC(C)C)c1Cl. The zero-order valence-corrected chi connectivity index (χ0v) is 23.6. The third-order valence-electron chi connectivity index (χ3n) is 5.22. The molecular formula is C25H23Cl3N6O3S. The number of carbonyl (C=O) groups excluding carboxylic acids is 2. The molecule has 0 spiro atoms. The Balaban J connectivity index is 1.59. The summed E-state index contributed by atoms with van der Waals surface area (Å²) in [5, 5.41) is 11.5. The van der Waals surface area contributed by atoms with E-state index in [1.54, 1.807) is 18.3 Å². The molecule has 0 saturated carbocycles. The number of methoxy groups -OCH3 is 1. The number of halogens is 3. The lowest BCUT2D eigenvalue weighted by Crippen LogP contribution is -2.19. The molecule has 0 atom stereocenters. The second-order valence-corrected chi connectivity index (χ2v) is 10.5. The number of hydrogen-bond acceptors (Lipinski definition) is 7. The van der Waals surface area contributed by atoms with Crippen molar-refractivity contribution in [2.24, 2.45) is 0 Å². The number of hydrogen-bond donors (Lipinski definition) is 3. The number of nitrogens with one attached hydrogen (secondary N) is 3. The maximum atomic E-state index is 13.3. The molecule has 0 bridgehead atoms. The van der Waals surface area contributed by atoms with Crippen LogP contribution < -0.4 is 20.7 Å². The number of anilines is 3. The minimum Gasteiger partial charge on any atom is -0.494 e. The molecule has 3 N–H and O–H groups in total. The van der Waals surface area contributed by atoms with Crippen LogP contribution in [0.3, 0.4) is 0 Å². The van der Waals surface area contributed by atoms with Crippen molar-refractivity contribution in [2.45, 2.75) is 26.4 Å². The van der Waals surface area contributed by atoms with Gasteiger partial charge in [0.1, 0.15) is 16.4 Å². The number of pyridine rings is 1. The number of thiophene rings is 1. The number of ether oxygens (including phenoxy) is 1. The molecule has 0 fully saturated rings. The summed E-state index contributed by atoms with van der Waals surface area (Å²) in [6, 6.07) is 6.27. The van der Waals surface area contributed by atoms with E-state index in [-0.39, 0.29) is 38.8 Å². The van der Waals surface area contributed by atoms with Gasteiger partial charge in [-0.3, -0.25) is 9.59 Å². The fraction of sp³-hybridized carbons (Fsp3) is 0.200. The Kier molecular flexibility index (Phi) is 8.78. The quantitative estimate of drug-likeness (QED) is 0.200. The van der Waals surface area contributed by atoms with Gasteiger partial charge in [-0.05, 0) is 37.4 Å². The smallest absolute Gasteiger partial charge is 0.267 e. The van der Waals surface area contributed by atoms with Gasteiger partial charge in [-0.1, -0.05) is 34.8 Å². The molecule has 38 heavy (non-hydrogen) atoms. The molecule has 4 rings (SSSR count). The summed E-state index contributed by atoms with van der Waals surface area (Å²) in [6.07, 6.45) is 4.93. The van der Waals surface area contributed by atoms with Gasteiger partial charge in [0.05, 0.1) is 35.0 Å². The Morgan fingerprint density at radius 2 is 1.87 bits per heavy atom. The zero-order chi connectivity index (χ0) is 27.4. The highest BCUT2D eigenvalue weighted by Crippen LogP contribution is 2.35. The summed E-state index contributed by atoms with van der Waals surface area (Å²) >= 11 is 19.9. The standard InChI is InChI=1S/C25H23Cl3N6O3S/c1-13(2)31-25-29-6-7-34(25)11-14-12-38-22(20(14)28)24(36)33-21-17(8-16(27)9-18(21)37-3)23(35)32-19-5-4-15(26)10-30-19/h4-10,12-13H,11H2,1-3H3,(H,29,31)(H,33,36)(H,30,32,35). The van der Waals surface area contributed by atoms with E-state index in [1.807, 2.05) is 30.0 Å². The Bertz CT molecular complexity index is 1470. The van der Waals surface area contributed by atoms with Gasteiger partial charge in [-0.2, -0.15) is 0 Å². The van der Waals surface area contributed by atoms with Gasteiger partial charge in [-0.15, -0.1) is 11.3 Å². The molecule has 0 aliphatic carbocycles. The predicted octanol–water partition coefficient (Wildman–Crippen LogP) is 6.68. The fourth-order valence-electron chi connectivity index (χ4n) is 3.51. The van der Waals surface area contributed by atoms with Crippen molar-refractivity contribution in [3.63, 3.8) is 0 Å². The van der Waals surface area contributed by atoms with Gasteiger partial charge in [0.15, 0.2) is 0 Å². The highest BCUT2D eigenvalue weighted by molar-refractivity contribution is 7.13. The number of amides is 2. The van der Waals surface area contributed by atoms with E-state index in [0.717, 1.165) is 5.56 Å². The molecule has 0 aliphatic heterocycles. The molecule has 0 radical (unpaired) electrons. The van der Waals surface area contributed by atoms with Crippen molar-refractivity contribution < 1.29 is 14.3 Å². The Labute approximate surface area is 238 Å². The van der Waals surface area contributed by atoms with Crippen LogP contribution in [0, 0.1) is 0 Å². The average Bonchev–Trinajstić information content (AvgIpc) is 3.46. The predicted molar refractivity (Wildman–Crippen MR) is 153 cm³/mol. The molecule has 3 aromatic heterocycles. The van der Waals surface area contributed by atoms with Gasteiger partial charge in [0, 0.05) is 41.3 Å². The second kappa shape index (κ2) is 12.0. The second-order valence-electron chi connectivity index (χ2n) is 8.38. The number of imidazole rings is 1. The maximum absolute atomic E-state index is 13.3. The van der Waals surface area contributed by atoms with Crippen LogP contribution >= 0.6 is 46.1 Å². The first-order chi connectivity index (χ1) is 18.2. The number of nitrogens with zero attached hydrogens (tertiary/aromatic N) is 3. The molecular weight excluding hydrogens is 571 g/mol. The molecule has 9 nitrogen and oxygen atoms in total. The summed E-state index contributed by atoms with van der Waals surface area (Å²) in [6.45, 7) is 4.46. The van der Waals surface area contributed by atoms with Crippen LogP contribution in [0.5, 0.6) is 5.75 Å². The summed E-state index contributed by atoms with van der Waals surface area (Å²) in [7, 11) is 1.41. The zero-order valence-electron chi connectivity index (χ0n) is 20.5. The molecule has 1 aromatic carbocycles. The summed E-state index contributed by atoms with van der Waals surface area (Å²) in [5.41, 5.74) is 0.967. The Morgan fingerprint density at radius 1 is 1.08 bits per heavy atom. The van der Waals surface area contributed by atoms with Gasteiger partial charge >= 0.3 is 0 Å². The molecule has 13 heteroatoms. The third-order valence-corrected chi connectivity index (χ3v) is 7.23. The van der Waals surface area contributed by atoms with Gasteiger partial charge in [0.25, 0.3) is 11.8 Å². The molecule has 198 valence electrons. The first kappa shape index (κ1) is 27.7. The molecule has 0 aliphatic rings. The lowest BCUT2D eigenvalue weighted by Gasteiger charge is -2.15. The van der Waals surface area contributed by atoms with Crippen LogP contribution in [0.25, 0.3) is 0 Å². The monoisotopic (exact) mass is 592 g/mol. The minimum atomic E-state index is -0.556. The Hall–Kier alpha value is -3.31. The Morgan fingerprint density at radius 3 is 2.55 bits per heavy atom. The van der Waals surface area contributed by atoms with Crippen molar-refractivity contribution in [3.8, 4) is 5.75 Å². The summed E-state index contributed by atoms with van der Waals surface area (Å²) in [4.78, 5) is 35.1. The van der Waals surface area contributed by atoms with E-state index in [9.17, 15) is 9.59 Å². The van der Waals surface area contributed by atoms with E-state index in [1.165, 1.54) is 36.8 Å². The highest BCUT2D eigenvalue weighted by Gasteiger charge is 2.24. The maximum Gasteiger partial charge on any atom is 0.267 e. The molecule has 0 saturated heterocycles. The van der Waals surface area contributed by atoms with Crippen molar-refractivity contribution in [2.75, 3.05) is 23.1 Å². The van der Waals surface area contributed by atoms with Crippen LogP contribution in [0.1, 0.15) is 39.4 Å². The van der Waals surface area contributed by atoms with Crippen LogP contribution in [0.15, 0.2) is 48.2 Å². The van der Waals surface area contributed by atoms with Gasteiger partial charge in [-0.25, -0.2) is 9.97 Å². The number of aromatic nitrogens is 3. The normalized spacial score (nSPS) is 10.9. The van der Waals surface area contributed by atoms with E-state index in [0.29, 0.717) is 22.5 Å². The number of rotatable bonds is 9. The van der Waals surface area contributed by atoms with Crippen LogP contribution in [-0.4, -0.2) is 39.5 Å². The van der Waals surface area contributed by atoms with Crippen LogP contribution in [0.4, 0.5) is 17.5 Å². The summed E-state index contributed by atoms with van der Waals surface area (Å²) in [5.74, 6) is 0.115. The highest BCUT2D eigenvalue weighted by atomic mass is 35.5. The van der Waals surface area contributed by atoms with E-state index in [2.05, 4.69) is 25.9 Å². The first-order valence-electron chi connectivity index (χ1n) is 11.3. The van der Waals surface area contributed by atoms with Crippen molar-refractivity contribution in [3.05, 3.63) is 79.3 Å². The number of carbonyl (C=O) groups is 2. The third kappa shape index (κ3) is 6.39. The molecule has 2 amide bonds. The summed E-state index contributed by atoms with van der Waals surface area (Å²) < 4.78 is 7.32. The lowest BCUT2D eigenvalue weighted by molar-refractivity contribution is 0.102. The molecule has 4 aromatic rings. The van der Waals surface area contributed by atoms with Crippen LogP contribution in [-0.2, 0) is 6.54 Å². The van der Waals surface area contributed by atoms with E-state index < -0.39 is 11.8 Å². The van der Waals surface area contributed by atoms with Gasteiger partial charge in [0.2, 0.25) is 5.95 Å². The molecule has 3 heterocycles. The average molecular weight is 594 g/mol. The molecule has 0 unspecified atom stereocenters. The van der Waals surface area contributed by atoms with Crippen molar-refractivity contribution >= 4 is 75.4 Å². The fourth-order valence-corrected chi connectivity index (χ4v) is 5.08. The van der Waals surface area contributed by atoms with Crippen LogP contribution in [0.2, 0.25) is 15.1 Å². The van der Waals surface area contributed by atoms with Crippen molar-refractivity contribution in [1.82, 2.24) is 14.5 Å². The topological polar surface area (TPSA) is 110 Å². The number of benzene rings is 1. The largest absolute Gasteiger partial charge is 0.494 e. The first-order valence-corrected chi connectivity index (χ1v) is 13.3. The minimum absolute atomic E-state index is 0.0789. The van der Waals surface area contributed by atoms with E-state index in [4.69, 9.17) is 39.5 Å². The van der Waals surface area contributed by atoms with Gasteiger partial charge < -0.3 is 25.3 Å². The van der Waals surface area contributed by atoms with E-state index >= 15 is 0 Å².